The molecule has 0 N–H and O–H groups in total. The Kier molecular flexibility index (Phi) is 4.63. The Balaban J connectivity index is 1.94. The topological polar surface area (TPSA) is 69.6 Å². The summed E-state index contributed by atoms with van der Waals surface area (Å²) in [5.74, 6) is 2.76. The van der Waals surface area contributed by atoms with Gasteiger partial charge >= 0.3 is 0 Å². The summed E-state index contributed by atoms with van der Waals surface area (Å²) in [5.41, 5.74) is 0.936. The Hall–Kier alpha value is -1.93. The van der Waals surface area contributed by atoms with Gasteiger partial charge < -0.3 is 4.42 Å². The van der Waals surface area contributed by atoms with E-state index in [1.807, 2.05) is 23.6 Å². The fourth-order valence-corrected chi connectivity index (χ4v) is 3.74. The molecule has 0 aliphatic rings. The Bertz CT molecular complexity index is 818. The summed E-state index contributed by atoms with van der Waals surface area (Å²) in [4.78, 5) is 4.54. The second kappa shape index (κ2) is 6.67. The van der Waals surface area contributed by atoms with Crippen LogP contribution in [0.3, 0.4) is 0 Å². The summed E-state index contributed by atoms with van der Waals surface area (Å²) in [6.45, 7) is 10.5. The lowest BCUT2D eigenvalue weighted by Gasteiger charge is -2.05. The zero-order chi connectivity index (χ0) is 16.4. The van der Waals surface area contributed by atoms with Gasteiger partial charge in [0, 0.05) is 12.5 Å². The summed E-state index contributed by atoms with van der Waals surface area (Å²) in [6.07, 6.45) is 3.48. The molecule has 3 aromatic rings. The van der Waals surface area contributed by atoms with Crippen LogP contribution in [-0.4, -0.2) is 24.1 Å². The summed E-state index contributed by atoms with van der Waals surface area (Å²) in [5, 5.41) is 9.39. The third kappa shape index (κ3) is 3.23. The third-order valence-corrected chi connectivity index (χ3v) is 5.00. The van der Waals surface area contributed by atoms with Crippen molar-refractivity contribution >= 4 is 23.3 Å². The highest BCUT2D eigenvalue weighted by atomic mass is 32.2. The van der Waals surface area contributed by atoms with Crippen LogP contribution < -0.4 is 0 Å². The zero-order valence-electron chi connectivity index (χ0n) is 13.2. The monoisotopic (exact) mass is 347 g/mol. The lowest BCUT2D eigenvalue weighted by Crippen LogP contribution is -2.00. The van der Waals surface area contributed by atoms with Crippen molar-refractivity contribution in [1.29, 1.82) is 0 Å². The van der Waals surface area contributed by atoms with Gasteiger partial charge in [0.1, 0.15) is 11.6 Å². The first-order valence-corrected chi connectivity index (χ1v) is 8.79. The quantitative estimate of drug-likeness (QED) is 0.624. The first-order valence-electron chi connectivity index (χ1n) is 7.20. The first kappa shape index (κ1) is 15.9. The van der Waals surface area contributed by atoms with E-state index in [0.717, 1.165) is 32.5 Å². The molecule has 120 valence electrons. The minimum Gasteiger partial charge on any atom is -0.469 e. The molecule has 0 saturated carbocycles. The number of allylic oxidation sites excluding steroid dienone is 1. The maximum Gasteiger partial charge on any atom is 0.198 e. The van der Waals surface area contributed by atoms with Crippen LogP contribution >= 0.6 is 23.3 Å². The lowest BCUT2D eigenvalue weighted by atomic mass is 10.2. The van der Waals surface area contributed by atoms with Gasteiger partial charge in [-0.05, 0) is 36.3 Å². The molecule has 8 heteroatoms. The molecule has 3 rings (SSSR count). The Labute approximate surface area is 142 Å². The molecule has 0 aromatic carbocycles. The maximum atomic E-state index is 5.38. The number of rotatable bonds is 6. The molecule has 3 heterocycles. The fourth-order valence-electron chi connectivity index (χ4n) is 2.05. The first-order chi connectivity index (χ1) is 11.1. The Morgan fingerprint density at radius 1 is 1.43 bits per heavy atom. The van der Waals surface area contributed by atoms with Crippen molar-refractivity contribution in [3.63, 3.8) is 0 Å². The van der Waals surface area contributed by atoms with Crippen LogP contribution in [0.4, 0.5) is 0 Å². The summed E-state index contributed by atoms with van der Waals surface area (Å²) >= 11 is 2.86. The molecule has 0 aliphatic carbocycles. The van der Waals surface area contributed by atoms with Crippen LogP contribution in [-0.2, 0) is 6.54 Å². The van der Waals surface area contributed by atoms with Gasteiger partial charge in [-0.25, -0.2) is 4.98 Å². The molecule has 0 aliphatic heterocycles. The highest BCUT2D eigenvalue weighted by Gasteiger charge is 2.19. The zero-order valence-corrected chi connectivity index (χ0v) is 14.8. The Morgan fingerprint density at radius 2 is 2.26 bits per heavy atom. The van der Waals surface area contributed by atoms with E-state index in [0.29, 0.717) is 12.5 Å². The van der Waals surface area contributed by atoms with Crippen LogP contribution in [0.5, 0.6) is 0 Å². The van der Waals surface area contributed by atoms with Gasteiger partial charge in [-0.1, -0.05) is 19.9 Å². The largest absolute Gasteiger partial charge is 0.469 e. The van der Waals surface area contributed by atoms with Crippen molar-refractivity contribution in [3.05, 3.63) is 36.6 Å². The molecule has 0 radical (unpaired) electrons. The van der Waals surface area contributed by atoms with E-state index in [1.54, 1.807) is 6.26 Å². The van der Waals surface area contributed by atoms with Crippen LogP contribution in [0.2, 0.25) is 0 Å². The second-order valence-electron chi connectivity index (χ2n) is 5.27. The van der Waals surface area contributed by atoms with Crippen LogP contribution in [0.25, 0.3) is 11.4 Å². The number of nitrogens with zero attached hydrogens (tertiary/aromatic N) is 5. The number of aromatic nitrogens is 5. The van der Waals surface area contributed by atoms with Gasteiger partial charge in [0.2, 0.25) is 0 Å². The molecule has 0 spiro atoms. The van der Waals surface area contributed by atoms with E-state index in [4.69, 9.17) is 4.42 Å². The molecule has 3 aromatic heterocycles. The normalized spacial score (nSPS) is 11.3. The van der Waals surface area contributed by atoms with Gasteiger partial charge in [0.05, 0.1) is 11.8 Å². The molecule has 0 atom stereocenters. The van der Waals surface area contributed by atoms with Crippen LogP contribution in [0.1, 0.15) is 31.4 Å². The number of aryl methyl sites for hydroxylation is 1. The van der Waals surface area contributed by atoms with Gasteiger partial charge in [-0.2, -0.15) is 4.37 Å². The van der Waals surface area contributed by atoms with E-state index < -0.39 is 0 Å². The summed E-state index contributed by atoms with van der Waals surface area (Å²) < 4.78 is 12.6. The minimum absolute atomic E-state index is 0.316. The van der Waals surface area contributed by atoms with Gasteiger partial charge in [0.25, 0.3) is 0 Å². The fraction of sp³-hybridized carbons (Fsp3) is 0.333. The SMILES string of the molecule is C=CCn1c(Sc2nc(C(C)C)ns2)nnc1-c1ccoc1C. The van der Waals surface area contributed by atoms with Gasteiger partial charge in [-0.15, -0.1) is 16.8 Å². The summed E-state index contributed by atoms with van der Waals surface area (Å²) in [6, 6.07) is 1.90. The van der Waals surface area contributed by atoms with Gasteiger partial charge in [0.15, 0.2) is 15.3 Å². The predicted octanol–water partition coefficient (Wildman–Crippen LogP) is 4.16. The maximum absolute atomic E-state index is 5.38. The van der Waals surface area contributed by atoms with Crippen LogP contribution in [0.15, 0.2) is 38.9 Å². The highest BCUT2D eigenvalue weighted by Crippen LogP contribution is 2.32. The molecule has 0 saturated heterocycles. The molecular weight excluding hydrogens is 330 g/mol. The predicted molar refractivity (Wildman–Crippen MR) is 90.8 cm³/mol. The van der Waals surface area contributed by atoms with Crippen molar-refractivity contribution in [2.75, 3.05) is 0 Å². The highest BCUT2D eigenvalue weighted by molar-refractivity contribution is 8.00. The van der Waals surface area contributed by atoms with Crippen molar-refractivity contribution in [2.24, 2.45) is 0 Å². The third-order valence-electron chi connectivity index (χ3n) is 3.25. The van der Waals surface area contributed by atoms with E-state index in [2.05, 4.69) is 40.0 Å². The van der Waals surface area contributed by atoms with Crippen molar-refractivity contribution in [2.45, 2.75) is 42.7 Å². The molecule has 6 nitrogen and oxygen atoms in total. The average molecular weight is 347 g/mol. The van der Waals surface area contributed by atoms with Gasteiger partial charge in [-0.3, -0.25) is 4.57 Å². The molecule has 0 amide bonds. The van der Waals surface area contributed by atoms with Crippen molar-refractivity contribution in [3.8, 4) is 11.4 Å². The molecule has 0 unspecified atom stereocenters. The minimum atomic E-state index is 0.316. The van der Waals surface area contributed by atoms with Crippen LogP contribution in [0, 0.1) is 6.92 Å². The molecule has 23 heavy (non-hydrogen) atoms. The average Bonchev–Trinajstić information content (AvgIpc) is 3.22. The second-order valence-corrected chi connectivity index (χ2v) is 7.24. The Morgan fingerprint density at radius 3 is 2.87 bits per heavy atom. The smallest absolute Gasteiger partial charge is 0.198 e. The number of hydrogen-bond acceptors (Lipinski definition) is 7. The van der Waals surface area contributed by atoms with E-state index in [-0.39, 0.29) is 0 Å². The summed E-state index contributed by atoms with van der Waals surface area (Å²) in [7, 11) is 0. The van der Waals surface area contributed by atoms with E-state index in [9.17, 15) is 0 Å². The lowest BCUT2D eigenvalue weighted by molar-refractivity contribution is 0.534. The standard InChI is InChI=1S/C15H17N5OS2/c1-5-7-20-13(11-6-8-21-10(11)4)17-18-14(20)22-15-16-12(9(2)3)19-23-15/h5-6,8-9H,1,7H2,2-4H3. The van der Waals surface area contributed by atoms with E-state index in [1.165, 1.54) is 23.3 Å². The van der Waals surface area contributed by atoms with Crippen molar-refractivity contribution in [1.82, 2.24) is 24.1 Å². The molecule has 0 fully saturated rings. The van der Waals surface area contributed by atoms with Crippen molar-refractivity contribution < 1.29 is 4.42 Å². The van der Waals surface area contributed by atoms with E-state index >= 15 is 0 Å². The number of furan rings is 1. The molecule has 0 bridgehead atoms. The number of hydrogen-bond donors (Lipinski definition) is 0. The molecular formula is C15H17N5OS2.